The molecule has 0 radical (unpaired) electrons. The first-order chi connectivity index (χ1) is 16.0. The molecule has 2 amide bonds. The number of hydrogen-bond acceptors (Lipinski definition) is 5. The Bertz CT molecular complexity index is 1230. The van der Waals surface area contributed by atoms with Crippen molar-refractivity contribution in [2.24, 2.45) is 0 Å². The van der Waals surface area contributed by atoms with E-state index in [4.69, 9.17) is 9.47 Å². The van der Waals surface area contributed by atoms with Crippen LogP contribution in [-0.2, 0) is 9.59 Å². The summed E-state index contributed by atoms with van der Waals surface area (Å²) in [5.41, 5.74) is 2.62. The third kappa shape index (κ3) is 6.45. The molecule has 0 saturated carbocycles. The molecule has 7 heteroatoms. The van der Waals surface area contributed by atoms with Gasteiger partial charge in [-0.15, -0.1) is 0 Å². The van der Waals surface area contributed by atoms with Crippen LogP contribution in [0.25, 0.3) is 6.08 Å². The molecule has 0 saturated heterocycles. The smallest absolute Gasteiger partial charge is 0.266 e. The van der Waals surface area contributed by atoms with Crippen molar-refractivity contribution in [3.05, 3.63) is 89.5 Å². The summed E-state index contributed by atoms with van der Waals surface area (Å²) in [7, 11) is 1.53. The number of nitrogens with zero attached hydrogens (tertiary/aromatic N) is 1. The second-order valence-corrected chi connectivity index (χ2v) is 7.05. The van der Waals surface area contributed by atoms with E-state index in [0.29, 0.717) is 28.4 Å². The highest BCUT2D eigenvalue weighted by atomic mass is 16.5. The van der Waals surface area contributed by atoms with Crippen LogP contribution >= 0.6 is 0 Å². The molecule has 2 N–H and O–H groups in total. The number of methoxy groups -OCH3 is 1. The number of nitriles is 1. The summed E-state index contributed by atoms with van der Waals surface area (Å²) in [5.74, 6) is 0.117. The highest BCUT2D eigenvalue weighted by molar-refractivity contribution is 6.10. The van der Waals surface area contributed by atoms with Crippen LogP contribution in [0.5, 0.6) is 11.5 Å². The fourth-order valence-corrected chi connectivity index (χ4v) is 3.00. The Morgan fingerprint density at radius 1 is 0.970 bits per heavy atom. The average molecular weight is 441 g/mol. The van der Waals surface area contributed by atoms with E-state index in [9.17, 15) is 14.9 Å². The van der Waals surface area contributed by atoms with E-state index < -0.39 is 5.91 Å². The number of benzene rings is 3. The fourth-order valence-electron chi connectivity index (χ4n) is 3.00. The summed E-state index contributed by atoms with van der Waals surface area (Å²) >= 11 is 0. The van der Waals surface area contributed by atoms with E-state index >= 15 is 0 Å². The van der Waals surface area contributed by atoms with Crippen molar-refractivity contribution in [2.45, 2.75) is 6.92 Å². The van der Waals surface area contributed by atoms with Gasteiger partial charge in [0.2, 0.25) is 0 Å². The average Bonchev–Trinajstić information content (AvgIpc) is 2.83. The highest BCUT2D eigenvalue weighted by Crippen LogP contribution is 2.23. The van der Waals surface area contributed by atoms with Crippen LogP contribution in [0, 0.1) is 18.3 Å². The van der Waals surface area contributed by atoms with Gasteiger partial charge in [0.05, 0.1) is 12.8 Å². The molecule has 166 valence electrons. The van der Waals surface area contributed by atoms with Gasteiger partial charge in [-0.1, -0.05) is 42.5 Å². The molecule has 3 rings (SSSR count). The molecule has 0 atom stereocenters. The summed E-state index contributed by atoms with van der Waals surface area (Å²) < 4.78 is 10.8. The Kier molecular flexibility index (Phi) is 7.81. The normalized spacial score (nSPS) is 10.6. The van der Waals surface area contributed by atoms with E-state index in [1.54, 1.807) is 54.6 Å². The lowest BCUT2D eigenvalue weighted by Gasteiger charge is -2.11. The molecule has 0 heterocycles. The first-order valence-electron chi connectivity index (χ1n) is 10.1. The van der Waals surface area contributed by atoms with Crippen molar-refractivity contribution in [3.8, 4) is 17.6 Å². The molecule has 7 nitrogen and oxygen atoms in total. The molecular formula is C26H23N3O4. The van der Waals surface area contributed by atoms with E-state index in [-0.39, 0.29) is 18.1 Å². The molecule has 3 aromatic rings. The quantitative estimate of drug-likeness (QED) is 0.394. The minimum atomic E-state index is -0.505. The Morgan fingerprint density at radius 3 is 2.42 bits per heavy atom. The number of para-hydroxylation sites is 3. The van der Waals surface area contributed by atoms with Gasteiger partial charge in [0.15, 0.2) is 6.61 Å². The van der Waals surface area contributed by atoms with Crippen molar-refractivity contribution in [3.63, 3.8) is 0 Å². The third-order valence-corrected chi connectivity index (χ3v) is 4.68. The molecular weight excluding hydrogens is 418 g/mol. The minimum absolute atomic E-state index is 0.0516. The number of amides is 2. The lowest BCUT2D eigenvalue weighted by atomic mass is 10.1. The predicted molar refractivity (Wildman–Crippen MR) is 127 cm³/mol. The number of nitrogens with one attached hydrogen (secondary N) is 2. The van der Waals surface area contributed by atoms with Gasteiger partial charge in [0.25, 0.3) is 11.8 Å². The van der Waals surface area contributed by atoms with E-state index in [2.05, 4.69) is 10.6 Å². The van der Waals surface area contributed by atoms with Crippen molar-refractivity contribution in [1.29, 1.82) is 5.26 Å². The zero-order valence-electron chi connectivity index (χ0n) is 18.3. The summed E-state index contributed by atoms with van der Waals surface area (Å²) in [5, 5.41) is 14.9. The number of aryl methyl sites for hydroxylation is 1. The number of hydrogen-bond donors (Lipinski definition) is 2. The number of anilines is 2. The van der Waals surface area contributed by atoms with Gasteiger partial charge in [0, 0.05) is 5.69 Å². The first kappa shape index (κ1) is 23.1. The third-order valence-electron chi connectivity index (χ3n) is 4.68. The largest absolute Gasteiger partial charge is 0.495 e. The molecule has 0 bridgehead atoms. The second-order valence-electron chi connectivity index (χ2n) is 7.05. The Hall–Kier alpha value is -4.57. The highest BCUT2D eigenvalue weighted by Gasteiger charge is 2.11. The molecule has 0 fully saturated rings. The van der Waals surface area contributed by atoms with Crippen LogP contribution in [0.4, 0.5) is 11.4 Å². The summed E-state index contributed by atoms with van der Waals surface area (Å²) in [6, 6.07) is 23.1. The first-order valence-corrected chi connectivity index (χ1v) is 10.1. The molecule has 0 aromatic heterocycles. The van der Waals surface area contributed by atoms with Crippen LogP contribution in [0.1, 0.15) is 11.1 Å². The SMILES string of the molecule is COc1ccccc1NC(=O)COc1cccc(/C=C(/C#N)C(=O)Nc2ccccc2C)c1. The van der Waals surface area contributed by atoms with Crippen LogP contribution in [0.15, 0.2) is 78.4 Å². The van der Waals surface area contributed by atoms with Gasteiger partial charge in [-0.3, -0.25) is 9.59 Å². The molecule has 3 aromatic carbocycles. The second kappa shape index (κ2) is 11.2. The summed E-state index contributed by atoms with van der Waals surface area (Å²) in [6.45, 7) is 1.65. The number of carbonyl (C=O) groups is 2. The van der Waals surface area contributed by atoms with E-state index in [1.165, 1.54) is 13.2 Å². The maximum absolute atomic E-state index is 12.5. The molecule has 0 spiro atoms. The Balaban J connectivity index is 1.65. The number of carbonyl (C=O) groups excluding carboxylic acids is 2. The Morgan fingerprint density at radius 2 is 1.70 bits per heavy atom. The van der Waals surface area contributed by atoms with Gasteiger partial charge >= 0.3 is 0 Å². The number of rotatable bonds is 8. The van der Waals surface area contributed by atoms with Crippen LogP contribution in [0.3, 0.4) is 0 Å². The Labute approximate surface area is 192 Å². The van der Waals surface area contributed by atoms with Gasteiger partial charge in [-0.25, -0.2) is 0 Å². The van der Waals surface area contributed by atoms with Crippen LogP contribution in [-0.4, -0.2) is 25.5 Å². The fraction of sp³-hybridized carbons (Fsp3) is 0.115. The van der Waals surface area contributed by atoms with Crippen molar-refractivity contribution < 1.29 is 19.1 Å². The molecule has 0 unspecified atom stereocenters. The molecule has 0 aliphatic heterocycles. The van der Waals surface area contributed by atoms with Gasteiger partial charge in [-0.05, 0) is 54.5 Å². The van der Waals surface area contributed by atoms with Gasteiger partial charge < -0.3 is 20.1 Å². The monoisotopic (exact) mass is 441 g/mol. The van der Waals surface area contributed by atoms with Crippen LogP contribution < -0.4 is 20.1 Å². The molecule has 0 aliphatic carbocycles. The zero-order chi connectivity index (χ0) is 23.6. The van der Waals surface area contributed by atoms with Crippen molar-refractivity contribution in [1.82, 2.24) is 0 Å². The minimum Gasteiger partial charge on any atom is -0.495 e. The molecule has 33 heavy (non-hydrogen) atoms. The van der Waals surface area contributed by atoms with Crippen molar-refractivity contribution >= 4 is 29.3 Å². The standard InChI is InChI=1S/C26H23N3O4/c1-18-8-3-4-11-22(18)29-26(31)20(16-27)14-19-9-7-10-21(15-19)33-17-25(30)28-23-12-5-6-13-24(23)32-2/h3-15H,17H2,1-2H3,(H,28,30)(H,29,31)/b20-14-. The van der Waals surface area contributed by atoms with E-state index in [0.717, 1.165) is 5.56 Å². The zero-order valence-corrected chi connectivity index (χ0v) is 18.3. The topological polar surface area (TPSA) is 100 Å². The van der Waals surface area contributed by atoms with Gasteiger partial charge in [-0.2, -0.15) is 5.26 Å². The predicted octanol–water partition coefficient (Wildman–Crippen LogP) is 4.57. The summed E-state index contributed by atoms with van der Waals surface area (Å²) in [6.07, 6.45) is 1.47. The lowest BCUT2D eigenvalue weighted by molar-refractivity contribution is -0.118. The summed E-state index contributed by atoms with van der Waals surface area (Å²) in [4.78, 5) is 24.8. The maximum atomic E-state index is 12.5. The van der Waals surface area contributed by atoms with Crippen LogP contribution in [0.2, 0.25) is 0 Å². The van der Waals surface area contributed by atoms with Gasteiger partial charge in [0.1, 0.15) is 23.1 Å². The van der Waals surface area contributed by atoms with E-state index in [1.807, 2.05) is 31.2 Å². The van der Waals surface area contributed by atoms with Crippen molar-refractivity contribution in [2.75, 3.05) is 24.4 Å². The lowest BCUT2D eigenvalue weighted by Crippen LogP contribution is -2.20. The maximum Gasteiger partial charge on any atom is 0.266 e. The number of ether oxygens (including phenoxy) is 2. The molecule has 0 aliphatic rings.